The number of ketones is 1. The molecule has 1 aromatic heterocycles. The first-order valence-electron chi connectivity index (χ1n) is 6.75. The van der Waals surface area contributed by atoms with Gasteiger partial charge in [0.15, 0.2) is 0 Å². The molecule has 5 heteroatoms. The van der Waals surface area contributed by atoms with Gasteiger partial charge in [0.2, 0.25) is 5.88 Å². The lowest BCUT2D eigenvalue weighted by atomic mass is 9.78. The molecule has 0 aromatic carbocycles. The Hall–Kier alpha value is -0.683. The lowest BCUT2D eigenvalue weighted by molar-refractivity contribution is -0.125. The summed E-state index contributed by atoms with van der Waals surface area (Å²) in [5.74, 6) is 1.83. The first-order chi connectivity index (χ1) is 9.02. The molecule has 0 bridgehead atoms. The summed E-state index contributed by atoms with van der Waals surface area (Å²) < 4.78 is 6.13. The van der Waals surface area contributed by atoms with Gasteiger partial charge in [0.05, 0.1) is 12.8 Å². The SMILES string of the molecule is COc1ccc(Br)c(C[C@H]2C(=O)CC[C@@H](C)[C@@H]2[SiH3])n1. The molecule has 1 fully saturated rings. The lowest BCUT2D eigenvalue weighted by Gasteiger charge is -2.33. The van der Waals surface area contributed by atoms with Gasteiger partial charge in [0.25, 0.3) is 0 Å². The van der Waals surface area contributed by atoms with Crippen LogP contribution in [0.15, 0.2) is 16.6 Å². The van der Waals surface area contributed by atoms with E-state index in [1.54, 1.807) is 7.11 Å². The van der Waals surface area contributed by atoms with E-state index in [9.17, 15) is 4.79 Å². The van der Waals surface area contributed by atoms with Gasteiger partial charge < -0.3 is 4.74 Å². The third-order valence-corrected chi connectivity index (χ3v) is 6.97. The second-order valence-electron chi connectivity index (χ2n) is 5.43. The maximum Gasteiger partial charge on any atom is 0.213 e. The molecule has 19 heavy (non-hydrogen) atoms. The van der Waals surface area contributed by atoms with E-state index in [4.69, 9.17) is 4.74 Å². The molecular formula is C14H20BrNO2Si. The Morgan fingerprint density at radius 1 is 1.53 bits per heavy atom. The molecular weight excluding hydrogens is 322 g/mol. The number of Topliss-reactive ketones (excluding diaryl/α,β-unsaturated/α-hetero) is 1. The van der Waals surface area contributed by atoms with Crippen molar-refractivity contribution in [1.29, 1.82) is 0 Å². The molecule has 0 saturated heterocycles. The number of aromatic nitrogens is 1. The van der Waals surface area contributed by atoms with Gasteiger partial charge >= 0.3 is 0 Å². The van der Waals surface area contributed by atoms with Crippen molar-refractivity contribution in [3.63, 3.8) is 0 Å². The highest BCUT2D eigenvalue weighted by Gasteiger charge is 2.34. The predicted molar refractivity (Wildman–Crippen MR) is 82.8 cm³/mol. The van der Waals surface area contributed by atoms with E-state index in [0.29, 0.717) is 23.1 Å². The first-order valence-corrected chi connectivity index (χ1v) is 8.69. The van der Waals surface area contributed by atoms with Crippen LogP contribution in [0.3, 0.4) is 0 Å². The van der Waals surface area contributed by atoms with E-state index < -0.39 is 0 Å². The van der Waals surface area contributed by atoms with Crippen molar-refractivity contribution in [2.75, 3.05) is 7.11 Å². The molecule has 0 N–H and O–H groups in total. The number of rotatable bonds is 3. The average Bonchev–Trinajstić information content (AvgIpc) is 2.41. The summed E-state index contributed by atoms with van der Waals surface area (Å²) in [5, 5.41) is 0. The zero-order valence-corrected chi connectivity index (χ0v) is 15.2. The van der Waals surface area contributed by atoms with Gasteiger partial charge in [-0.3, -0.25) is 4.79 Å². The van der Waals surface area contributed by atoms with Gasteiger partial charge in [0, 0.05) is 39.5 Å². The molecule has 0 spiro atoms. The molecule has 1 saturated carbocycles. The summed E-state index contributed by atoms with van der Waals surface area (Å²) in [6, 6.07) is 3.77. The number of hydrogen-bond donors (Lipinski definition) is 0. The fourth-order valence-corrected chi connectivity index (χ4v) is 4.06. The van der Waals surface area contributed by atoms with Gasteiger partial charge in [-0.15, -0.1) is 0 Å². The Kier molecular flexibility index (Phi) is 4.79. The zero-order chi connectivity index (χ0) is 14.0. The molecule has 1 aromatic rings. The third kappa shape index (κ3) is 3.26. The van der Waals surface area contributed by atoms with Gasteiger partial charge in [-0.25, -0.2) is 4.98 Å². The van der Waals surface area contributed by atoms with Crippen LogP contribution in [0.4, 0.5) is 0 Å². The summed E-state index contributed by atoms with van der Waals surface area (Å²) in [6.45, 7) is 2.27. The molecule has 0 amide bonds. The van der Waals surface area contributed by atoms with Crippen molar-refractivity contribution in [1.82, 2.24) is 4.98 Å². The molecule has 2 rings (SSSR count). The van der Waals surface area contributed by atoms with Crippen LogP contribution < -0.4 is 4.74 Å². The van der Waals surface area contributed by atoms with E-state index in [0.717, 1.165) is 39.7 Å². The van der Waals surface area contributed by atoms with Crippen molar-refractivity contribution in [2.45, 2.75) is 31.7 Å². The second kappa shape index (κ2) is 6.18. The minimum atomic E-state index is 0.145. The Balaban J connectivity index is 2.21. The van der Waals surface area contributed by atoms with Crippen LogP contribution in [0.25, 0.3) is 0 Å². The van der Waals surface area contributed by atoms with Crippen LogP contribution in [0.1, 0.15) is 25.5 Å². The molecule has 0 aliphatic heterocycles. The molecule has 1 aliphatic rings. The van der Waals surface area contributed by atoms with Gasteiger partial charge in [-0.2, -0.15) is 0 Å². The largest absolute Gasteiger partial charge is 0.481 e. The highest BCUT2D eigenvalue weighted by atomic mass is 79.9. The number of carbonyl (C=O) groups excluding carboxylic acids is 1. The fraction of sp³-hybridized carbons (Fsp3) is 0.571. The maximum absolute atomic E-state index is 12.2. The Labute approximate surface area is 125 Å². The van der Waals surface area contributed by atoms with Crippen molar-refractivity contribution in [2.24, 2.45) is 11.8 Å². The normalized spacial score (nSPS) is 27.5. The summed E-state index contributed by atoms with van der Waals surface area (Å²) in [5.41, 5.74) is 1.49. The monoisotopic (exact) mass is 341 g/mol. The molecule has 3 nitrogen and oxygen atoms in total. The summed E-state index contributed by atoms with van der Waals surface area (Å²) >= 11 is 3.52. The van der Waals surface area contributed by atoms with E-state index in [1.165, 1.54) is 0 Å². The molecule has 104 valence electrons. The van der Waals surface area contributed by atoms with Crippen LogP contribution in [0.2, 0.25) is 5.54 Å². The van der Waals surface area contributed by atoms with Gasteiger partial charge in [0.1, 0.15) is 5.78 Å². The number of nitrogens with zero attached hydrogens (tertiary/aromatic N) is 1. The van der Waals surface area contributed by atoms with Gasteiger partial charge in [-0.1, -0.05) is 6.92 Å². The maximum atomic E-state index is 12.2. The van der Waals surface area contributed by atoms with Crippen LogP contribution in [0, 0.1) is 11.8 Å². The minimum Gasteiger partial charge on any atom is -0.481 e. The standard InChI is InChI=1S/C14H20BrNO2Si/c1-8-3-5-12(17)9(14(8)19)7-11-10(15)4-6-13(16-11)18-2/h4,6,8-9,14H,3,5,7H2,1-2,19H3/t8-,9+,14+/m1/s1. The molecule has 0 unspecified atom stereocenters. The molecule has 0 radical (unpaired) electrons. The minimum absolute atomic E-state index is 0.145. The number of halogens is 1. The third-order valence-electron chi connectivity index (χ3n) is 4.31. The molecule has 1 aliphatic carbocycles. The lowest BCUT2D eigenvalue weighted by Crippen LogP contribution is -2.32. The molecule has 3 atom stereocenters. The van der Waals surface area contributed by atoms with Crippen molar-refractivity contribution >= 4 is 32.0 Å². The smallest absolute Gasteiger partial charge is 0.213 e. The van der Waals surface area contributed by atoms with Crippen LogP contribution in [-0.2, 0) is 11.2 Å². The number of ether oxygens (including phenoxy) is 1. The summed E-state index contributed by atoms with van der Waals surface area (Å²) in [4.78, 5) is 16.6. The van der Waals surface area contributed by atoms with Crippen LogP contribution in [-0.4, -0.2) is 28.1 Å². The van der Waals surface area contributed by atoms with Crippen molar-refractivity contribution in [3.8, 4) is 5.88 Å². The van der Waals surface area contributed by atoms with E-state index in [1.807, 2.05) is 12.1 Å². The quantitative estimate of drug-likeness (QED) is 0.791. The predicted octanol–water partition coefficient (Wildman–Crippen LogP) is 2.16. The highest BCUT2D eigenvalue weighted by Crippen LogP contribution is 2.37. The second-order valence-corrected chi connectivity index (χ2v) is 7.62. The van der Waals surface area contributed by atoms with Gasteiger partial charge in [-0.05, 0) is 39.9 Å². The number of hydrogen-bond acceptors (Lipinski definition) is 3. The Morgan fingerprint density at radius 3 is 2.95 bits per heavy atom. The van der Waals surface area contributed by atoms with E-state index in [2.05, 4.69) is 27.8 Å². The first kappa shape index (κ1) is 14.7. The highest BCUT2D eigenvalue weighted by molar-refractivity contribution is 9.10. The van der Waals surface area contributed by atoms with Crippen LogP contribution in [0.5, 0.6) is 5.88 Å². The fourth-order valence-electron chi connectivity index (χ4n) is 2.74. The summed E-state index contributed by atoms with van der Waals surface area (Å²) in [7, 11) is 2.68. The Morgan fingerprint density at radius 2 is 2.26 bits per heavy atom. The summed E-state index contributed by atoms with van der Waals surface area (Å²) in [6.07, 6.45) is 2.51. The average molecular weight is 342 g/mol. The zero-order valence-electron chi connectivity index (χ0n) is 11.6. The number of methoxy groups -OCH3 is 1. The number of pyridine rings is 1. The topological polar surface area (TPSA) is 39.2 Å². The van der Waals surface area contributed by atoms with Crippen LogP contribution >= 0.6 is 15.9 Å². The molecule has 1 heterocycles. The Bertz CT molecular complexity index is 481. The number of carbonyl (C=O) groups is 1. The van der Waals surface area contributed by atoms with E-state index >= 15 is 0 Å². The van der Waals surface area contributed by atoms with Crippen molar-refractivity contribution in [3.05, 3.63) is 22.3 Å². The van der Waals surface area contributed by atoms with Crippen molar-refractivity contribution < 1.29 is 9.53 Å². The van der Waals surface area contributed by atoms with E-state index in [-0.39, 0.29) is 5.92 Å².